The molecule has 0 aromatic carbocycles. The van der Waals surface area contributed by atoms with Crippen molar-refractivity contribution < 1.29 is 9.84 Å². The van der Waals surface area contributed by atoms with E-state index in [1.54, 1.807) is 0 Å². The van der Waals surface area contributed by atoms with Crippen LogP contribution in [0.15, 0.2) is 9.27 Å². The van der Waals surface area contributed by atoms with Crippen LogP contribution in [-0.2, 0) is 4.74 Å². The number of rotatable bonds is 2. The molecule has 18 heavy (non-hydrogen) atoms. The van der Waals surface area contributed by atoms with Gasteiger partial charge >= 0.3 is 0 Å². The van der Waals surface area contributed by atoms with Gasteiger partial charge in [0.15, 0.2) is 0 Å². The molecule has 0 amide bonds. The van der Waals surface area contributed by atoms with Gasteiger partial charge in [0.25, 0.3) is 5.56 Å². The number of H-pyrrole nitrogens is 1. The van der Waals surface area contributed by atoms with Crippen LogP contribution in [0.3, 0.4) is 0 Å². The number of hydrogen-bond donors (Lipinski definition) is 2. The van der Waals surface area contributed by atoms with Crippen molar-refractivity contribution >= 4 is 15.9 Å². The molecule has 2 N–H and O–H groups in total. The summed E-state index contributed by atoms with van der Waals surface area (Å²) in [7, 11) is 0. The zero-order valence-corrected chi connectivity index (χ0v) is 11.9. The van der Waals surface area contributed by atoms with Crippen molar-refractivity contribution in [2.75, 3.05) is 19.7 Å². The summed E-state index contributed by atoms with van der Waals surface area (Å²) in [6.45, 7) is 6.32. The molecule has 0 bridgehead atoms. The Morgan fingerprint density at radius 2 is 2.33 bits per heavy atom. The molecule has 1 aromatic rings. The van der Waals surface area contributed by atoms with Crippen molar-refractivity contribution in [1.29, 1.82) is 0 Å². The van der Waals surface area contributed by atoms with E-state index in [1.807, 2.05) is 0 Å². The number of morpholine rings is 1. The van der Waals surface area contributed by atoms with Gasteiger partial charge in [-0.2, -0.15) is 4.98 Å². The summed E-state index contributed by atoms with van der Waals surface area (Å²) in [6, 6.07) is 0.409. The van der Waals surface area contributed by atoms with Crippen LogP contribution in [0.4, 0.5) is 0 Å². The van der Waals surface area contributed by atoms with Gasteiger partial charge in [-0.25, -0.2) is 0 Å². The SMILES string of the molecule is CC(C)N1CCOC(c2nc(O)c(Br)c(=O)[nH]2)C1. The molecule has 0 radical (unpaired) electrons. The van der Waals surface area contributed by atoms with Crippen molar-refractivity contribution in [2.24, 2.45) is 0 Å². The van der Waals surface area contributed by atoms with Crippen LogP contribution in [0.1, 0.15) is 25.8 Å². The zero-order valence-electron chi connectivity index (χ0n) is 10.3. The number of nitrogens with zero attached hydrogens (tertiary/aromatic N) is 2. The summed E-state index contributed by atoms with van der Waals surface area (Å²) in [6.07, 6.45) is -0.312. The van der Waals surface area contributed by atoms with E-state index in [0.717, 1.165) is 6.54 Å². The quantitative estimate of drug-likeness (QED) is 0.851. The molecule has 1 unspecified atom stereocenters. The Morgan fingerprint density at radius 1 is 1.61 bits per heavy atom. The van der Waals surface area contributed by atoms with E-state index >= 15 is 0 Å². The normalized spacial score (nSPS) is 21.4. The maximum Gasteiger partial charge on any atom is 0.269 e. The largest absolute Gasteiger partial charge is 0.492 e. The van der Waals surface area contributed by atoms with E-state index in [2.05, 4.69) is 44.6 Å². The van der Waals surface area contributed by atoms with E-state index in [1.165, 1.54) is 0 Å². The minimum atomic E-state index is -0.400. The lowest BCUT2D eigenvalue weighted by Gasteiger charge is -2.34. The number of halogens is 1. The average Bonchev–Trinajstić information content (AvgIpc) is 2.35. The highest BCUT2D eigenvalue weighted by atomic mass is 79.9. The summed E-state index contributed by atoms with van der Waals surface area (Å²) in [5.74, 6) is 0.0603. The maximum atomic E-state index is 11.5. The number of aromatic amines is 1. The van der Waals surface area contributed by atoms with Crippen molar-refractivity contribution in [2.45, 2.75) is 26.0 Å². The van der Waals surface area contributed by atoms with E-state index in [-0.39, 0.29) is 16.5 Å². The molecule has 0 spiro atoms. The molecule has 7 heteroatoms. The molecular formula is C11H16BrN3O3. The van der Waals surface area contributed by atoms with Gasteiger partial charge in [-0.1, -0.05) is 0 Å². The van der Waals surface area contributed by atoms with Crippen LogP contribution in [-0.4, -0.2) is 45.7 Å². The summed E-state index contributed by atoms with van der Waals surface area (Å²) < 4.78 is 5.64. The molecule has 1 aliphatic heterocycles. The smallest absolute Gasteiger partial charge is 0.269 e. The Labute approximate surface area is 113 Å². The first-order chi connectivity index (χ1) is 8.49. The molecule has 100 valence electrons. The molecular weight excluding hydrogens is 302 g/mol. The second kappa shape index (κ2) is 5.38. The minimum Gasteiger partial charge on any atom is -0.492 e. The Balaban J connectivity index is 2.24. The molecule has 1 aromatic heterocycles. The third kappa shape index (κ3) is 2.73. The van der Waals surface area contributed by atoms with Crippen molar-refractivity contribution in [3.05, 3.63) is 20.7 Å². The lowest BCUT2D eigenvalue weighted by molar-refractivity contribution is -0.0446. The predicted molar refractivity (Wildman–Crippen MR) is 69.6 cm³/mol. The summed E-state index contributed by atoms with van der Waals surface area (Å²) in [5.41, 5.74) is -0.400. The fraction of sp³-hybridized carbons (Fsp3) is 0.636. The second-order valence-corrected chi connectivity index (χ2v) is 5.33. The average molecular weight is 318 g/mol. The van der Waals surface area contributed by atoms with Crippen LogP contribution in [0.25, 0.3) is 0 Å². The van der Waals surface area contributed by atoms with Gasteiger partial charge in [0.2, 0.25) is 5.88 Å². The molecule has 1 fully saturated rings. The van der Waals surface area contributed by atoms with E-state index in [9.17, 15) is 9.90 Å². The lowest BCUT2D eigenvalue weighted by atomic mass is 10.2. The Morgan fingerprint density at radius 3 is 2.94 bits per heavy atom. The number of nitrogens with one attached hydrogen (secondary N) is 1. The topological polar surface area (TPSA) is 78.5 Å². The molecule has 1 aliphatic rings. The molecule has 2 heterocycles. The van der Waals surface area contributed by atoms with E-state index in [4.69, 9.17) is 4.74 Å². The van der Waals surface area contributed by atoms with Crippen LogP contribution >= 0.6 is 15.9 Å². The first-order valence-electron chi connectivity index (χ1n) is 5.83. The number of ether oxygens (including phenoxy) is 1. The Hall–Kier alpha value is -0.920. The van der Waals surface area contributed by atoms with Crippen LogP contribution in [0.5, 0.6) is 5.88 Å². The van der Waals surface area contributed by atoms with Crippen molar-refractivity contribution in [3.8, 4) is 5.88 Å². The number of hydrogen-bond acceptors (Lipinski definition) is 5. The first kappa shape index (κ1) is 13.5. The molecule has 1 atom stereocenters. The molecule has 2 rings (SSSR count). The lowest BCUT2D eigenvalue weighted by Crippen LogP contribution is -2.43. The predicted octanol–water partition coefficient (Wildman–Crippen LogP) is 1.02. The molecule has 0 aliphatic carbocycles. The second-order valence-electron chi connectivity index (χ2n) is 4.54. The van der Waals surface area contributed by atoms with Crippen LogP contribution < -0.4 is 5.56 Å². The third-order valence-corrected chi connectivity index (χ3v) is 3.71. The highest BCUT2D eigenvalue weighted by Crippen LogP contribution is 2.23. The van der Waals surface area contributed by atoms with Gasteiger partial charge in [0.1, 0.15) is 16.4 Å². The first-order valence-corrected chi connectivity index (χ1v) is 6.62. The fourth-order valence-corrected chi connectivity index (χ4v) is 2.11. The monoisotopic (exact) mass is 317 g/mol. The maximum absolute atomic E-state index is 11.5. The van der Waals surface area contributed by atoms with Crippen molar-refractivity contribution in [3.63, 3.8) is 0 Å². The number of aromatic hydroxyl groups is 1. The highest BCUT2D eigenvalue weighted by molar-refractivity contribution is 9.10. The molecule has 1 saturated heterocycles. The summed E-state index contributed by atoms with van der Waals surface area (Å²) in [4.78, 5) is 20.4. The van der Waals surface area contributed by atoms with E-state index in [0.29, 0.717) is 25.0 Å². The molecule has 6 nitrogen and oxygen atoms in total. The Kier molecular flexibility index (Phi) is 4.04. The van der Waals surface area contributed by atoms with Gasteiger partial charge in [0, 0.05) is 19.1 Å². The summed E-state index contributed by atoms with van der Waals surface area (Å²) >= 11 is 2.96. The van der Waals surface area contributed by atoms with E-state index < -0.39 is 5.56 Å². The fourth-order valence-electron chi connectivity index (χ4n) is 1.92. The van der Waals surface area contributed by atoms with Gasteiger partial charge < -0.3 is 14.8 Å². The zero-order chi connectivity index (χ0) is 13.3. The van der Waals surface area contributed by atoms with Gasteiger partial charge in [0.05, 0.1) is 6.61 Å². The van der Waals surface area contributed by atoms with Crippen molar-refractivity contribution in [1.82, 2.24) is 14.9 Å². The van der Waals surface area contributed by atoms with Crippen LogP contribution in [0, 0.1) is 0 Å². The number of aromatic nitrogens is 2. The van der Waals surface area contributed by atoms with Gasteiger partial charge in [-0.15, -0.1) is 0 Å². The van der Waals surface area contributed by atoms with Gasteiger partial charge in [-0.05, 0) is 29.8 Å². The van der Waals surface area contributed by atoms with Crippen LogP contribution in [0.2, 0.25) is 0 Å². The third-order valence-electron chi connectivity index (χ3n) is 3.00. The van der Waals surface area contributed by atoms with Gasteiger partial charge in [-0.3, -0.25) is 9.69 Å². The minimum absolute atomic E-state index is 0.0442. The summed E-state index contributed by atoms with van der Waals surface area (Å²) in [5, 5.41) is 9.54. The molecule has 0 saturated carbocycles. The Bertz CT molecular complexity index is 489. The standard InChI is InChI=1S/C11H16BrN3O3/c1-6(2)15-3-4-18-7(5-15)9-13-10(16)8(12)11(17)14-9/h6-7H,3-5H2,1-2H3,(H2,13,14,16,17). The highest BCUT2D eigenvalue weighted by Gasteiger charge is 2.26.